The Balaban J connectivity index is 2.50. The van der Waals surface area contributed by atoms with Gasteiger partial charge < -0.3 is 10.2 Å². The van der Waals surface area contributed by atoms with E-state index < -0.39 is 0 Å². The van der Waals surface area contributed by atoms with Crippen LogP contribution in [0.2, 0.25) is 0 Å². The minimum absolute atomic E-state index is 0.496. The van der Waals surface area contributed by atoms with Crippen molar-refractivity contribution >= 4 is 11.8 Å². The summed E-state index contributed by atoms with van der Waals surface area (Å²) in [4.78, 5) is 3.59. The molecule has 3 heteroatoms. The number of benzene rings is 1. The van der Waals surface area contributed by atoms with Crippen LogP contribution in [0.4, 0.5) is 0 Å². The van der Waals surface area contributed by atoms with Crippen LogP contribution < -0.4 is 5.32 Å². The lowest BCUT2D eigenvalue weighted by atomic mass is 10.1. The number of rotatable bonds is 8. The first-order chi connectivity index (χ1) is 8.67. The van der Waals surface area contributed by atoms with Crippen molar-refractivity contribution in [2.75, 3.05) is 32.9 Å². The smallest absolute Gasteiger partial charge is 0.0317 e. The third-order valence-corrected chi connectivity index (χ3v) is 3.94. The second-order valence-corrected chi connectivity index (χ2v) is 5.91. The van der Waals surface area contributed by atoms with Crippen LogP contribution in [-0.4, -0.2) is 37.8 Å². The quantitative estimate of drug-likeness (QED) is 0.726. The minimum Gasteiger partial charge on any atom is -0.310 e. The van der Waals surface area contributed by atoms with Crippen LogP contribution in [0, 0.1) is 0 Å². The van der Waals surface area contributed by atoms with E-state index in [1.165, 1.54) is 10.5 Å². The zero-order valence-corrected chi connectivity index (χ0v) is 12.9. The normalized spacial score (nSPS) is 12.9. The Morgan fingerprint density at radius 3 is 2.33 bits per heavy atom. The second kappa shape index (κ2) is 8.57. The summed E-state index contributed by atoms with van der Waals surface area (Å²) in [6, 6.07) is 9.51. The van der Waals surface area contributed by atoms with E-state index in [0.717, 1.165) is 25.3 Å². The Labute approximate surface area is 116 Å². The predicted octanol–water partition coefficient (Wildman–Crippen LogP) is 3.40. The van der Waals surface area contributed by atoms with E-state index in [1.54, 1.807) is 0 Å². The molecule has 0 aliphatic carbocycles. The van der Waals surface area contributed by atoms with Gasteiger partial charge in [0.15, 0.2) is 0 Å². The van der Waals surface area contributed by atoms with Crippen molar-refractivity contribution in [3.05, 3.63) is 29.8 Å². The number of nitrogens with one attached hydrogen (secondary N) is 1. The molecule has 0 bridgehead atoms. The summed E-state index contributed by atoms with van der Waals surface area (Å²) in [5, 5.41) is 3.51. The lowest BCUT2D eigenvalue weighted by Crippen LogP contribution is -2.19. The van der Waals surface area contributed by atoms with Gasteiger partial charge in [0.05, 0.1) is 0 Å². The fourth-order valence-electron chi connectivity index (χ4n) is 1.89. The minimum atomic E-state index is 0.496. The molecule has 1 unspecified atom stereocenters. The van der Waals surface area contributed by atoms with Gasteiger partial charge in [-0.3, -0.25) is 0 Å². The molecule has 1 rings (SSSR count). The van der Waals surface area contributed by atoms with Crippen LogP contribution in [0.3, 0.4) is 0 Å². The molecule has 1 aromatic rings. The summed E-state index contributed by atoms with van der Waals surface area (Å²) >= 11 is 1.93. The van der Waals surface area contributed by atoms with E-state index in [4.69, 9.17) is 0 Å². The molecule has 0 aliphatic rings. The van der Waals surface area contributed by atoms with Crippen molar-refractivity contribution < 1.29 is 0 Å². The fourth-order valence-corrected chi connectivity index (χ4v) is 2.91. The molecule has 102 valence electrons. The number of hydrogen-bond donors (Lipinski definition) is 1. The third-order valence-electron chi connectivity index (χ3n) is 2.95. The van der Waals surface area contributed by atoms with Gasteiger partial charge in [-0.2, -0.15) is 0 Å². The van der Waals surface area contributed by atoms with E-state index in [2.05, 4.69) is 62.4 Å². The maximum atomic E-state index is 3.51. The Hall–Kier alpha value is -0.510. The van der Waals surface area contributed by atoms with Crippen molar-refractivity contribution in [3.63, 3.8) is 0 Å². The van der Waals surface area contributed by atoms with E-state index in [0.29, 0.717) is 6.04 Å². The summed E-state index contributed by atoms with van der Waals surface area (Å²) in [6.07, 6.45) is 1.14. The molecule has 0 aliphatic heterocycles. The Morgan fingerprint density at radius 1 is 1.17 bits per heavy atom. The van der Waals surface area contributed by atoms with Crippen LogP contribution in [0.15, 0.2) is 29.2 Å². The van der Waals surface area contributed by atoms with Gasteiger partial charge >= 0.3 is 0 Å². The van der Waals surface area contributed by atoms with E-state index in [-0.39, 0.29) is 0 Å². The molecule has 0 aromatic heterocycles. The van der Waals surface area contributed by atoms with Crippen LogP contribution in [-0.2, 0) is 0 Å². The largest absolute Gasteiger partial charge is 0.310 e. The molecule has 1 N–H and O–H groups in total. The molecule has 0 amide bonds. The number of thioether (sulfide) groups is 1. The first kappa shape index (κ1) is 15.5. The number of nitrogens with zero attached hydrogens (tertiary/aromatic N) is 1. The van der Waals surface area contributed by atoms with Gasteiger partial charge in [0.25, 0.3) is 0 Å². The molecular weight excluding hydrogens is 240 g/mol. The van der Waals surface area contributed by atoms with Gasteiger partial charge in [0.2, 0.25) is 0 Å². The average molecular weight is 266 g/mol. The predicted molar refractivity (Wildman–Crippen MR) is 82.4 cm³/mol. The standard InChI is InChI=1S/C15H26N2S/c1-5-15(16-6-2)13-7-9-14(10-8-13)18-12-11-17(3)4/h7-10,15-16H,5-6,11-12H2,1-4H3. The van der Waals surface area contributed by atoms with Crippen molar-refractivity contribution in [2.24, 2.45) is 0 Å². The maximum absolute atomic E-state index is 3.51. The maximum Gasteiger partial charge on any atom is 0.0317 e. The summed E-state index contributed by atoms with van der Waals surface area (Å²) < 4.78 is 0. The highest BCUT2D eigenvalue weighted by Gasteiger charge is 2.07. The van der Waals surface area contributed by atoms with Crippen LogP contribution in [0.5, 0.6) is 0 Å². The van der Waals surface area contributed by atoms with Crippen LogP contribution >= 0.6 is 11.8 Å². The molecule has 0 radical (unpaired) electrons. The third kappa shape index (κ3) is 5.42. The van der Waals surface area contributed by atoms with E-state index >= 15 is 0 Å². The van der Waals surface area contributed by atoms with Gasteiger partial charge in [-0.15, -0.1) is 11.8 Å². The molecule has 18 heavy (non-hydrogen) atoms. The summed E-state index contributed by atoms with van der Waals surface area (Å²) in [5.41, 5.74) is 1.40. The highest BCUT2D eigenvalue weighted by Crippen LogP contribution is 2.22. The molecule has 2 nitrogen and oxygen atoms in total. The molecule has 1 atom stereocenters. The van der Waals surface area contributed by atoms with Gasteiger partial charge in [-0.05, 0) is 44.8 Å². The molecule has 0 fully saturated rings. The van der Waals surface area contributed by atoms with E-state index in [1.807, 2.05) is 11.8 Å². The zero-order chi connectivity index (χ0) is 13.4. The molecule has 0 saturated heterocycles. The van der Waals surface area contributed by atoms with Crippen molar-refractivity contribution in [2.45, 2.75) is 31.2 Å². The Bertz CT molecular complexity index is 322. The van der Waals surface area contributed by atoms with Gasteiger partial charge in [-0.1, -0.05) is 26.0 Å². The van der Waals surface area contributed by atoms with Gasteiger partial charge in [0, 0.05) is 23.2 Å². The Kier molecular flexibility index (Phi) is 7.40. The summed E-state index contributed by atoms with van der Waals surface area (Å²) in [6.45, 7) is 6.54. The lowest BCUT2D eigenvalue weighted by molar-refractivity contribution is 0.437. The van der Waals surface area contributed by atoms with E-state index in [9.17, 15) is 0 Å². The van der Waals surface area contributed by atoms with Gasteiger partial charge in [0.1, 0.15) is 0 Å². The lowest BCUT2D eigenvalue weighted by Gasteiger charge is -2.16. The van der Waals surface area contributed by atoms with Crippen molar-refractivity contribution in [1.82, 2.24) is 10.2 Å². The van der Waals surface area contributed by atoms with Crippen LogP contribution in [0.25, 0.3) is 0 Å². The van der Waals surface area contributed by atoms with Crippen LogP contribution in [0.1, 0.15) is 31.9 Å². The Morgan fingerprint density at radius 2 is 1.83 bits per heavy atom. The number of hydrogen-bond acceptors (Lipinski definition) is 3. The molecule has 0 saturated carbocycles. The highest BCUT2D eigenvalue weighted by atomic mass is 32.2. The topological polar surface area (TPSA) is 15.3 Å². The molecule has 0 heterocycles. The molecule has 0 spiro atoms. The summed E-state index contributed by atoms with van der Waals surface area (Å²) in [7, 11) is 4.23. The first-order valence-electron chi connectivity index (χ1n) is 6.78. The SMILES string of the molecule is CCNC(CC)c1ccc(SCCN(C)C)cc1. The highest BCUT2D eigenvalue weighted by molar-refractivity contribution is 7.99. The molecular formula is C15H26N2S. The molecule has 1 aromatic carbocycles. The average Bonchev–Trinajstić information content (AvgIpc) is 2.36. The van der Waals surface area contributed by atoms with Gasteiger partial charge in [-0.25, -0.2) is 0 Å². The monoisotopic (exact) mass is 266 g/mol. The second-order valence-electron chi connectivity index (χ2n) is 4.74. The van der Waals surface area contributed by atoms with Crippen molar-refractivity contribution in [3.8, 4) is 0 Å². The zero-order valence-electron chi connectivity index (χ0n) is 12.1. The fraction of sp³-hybridized carbons (Fsp3) is 0.600. The first-order valence-corrected chi connectivity index (χ1v) is 7.76. The summed E-state index contributed by atoms with van der Waals surface area (Å²) in [5.74, 6) is 1.15. The van der Waals surface area contributed by atoms with Crippen molar-refractivity contribution in [1.29, 1.82) is 0 Å².